The van der Waals surface area contributed by atoms with E-state index >= 15 is 0 Å². The van der Waals surface area contributed by atoms with Crippen molar-refractivity contribution in [1.29, 1.82) is 0 Å². The summed E-state index contributed by atoms with van der Waals surface area (Å²) in [6, 6.07) is 23.2. The molecular weight excluding hydrogens is 422 g/mol. The van der Waals surface area contributed by atoms with Gasteiger partial charge >= 0.3 is 5.97 Å². The lowest BCUT2D eigenvalue weighted by Crippen LogP contribution is -2.43. The summed E-state index contributed by atoms with van der Waals surface area (Å²) in [6.07, 6.45) is 1.45. The number of benzene rings is 3. The molecule has 0 N–H and O–H groups in total. The van der Waals surface area contributed by atoms with Gasteiger partial charge in [0.1, 0.15) is 18.7 Å². The van der Waals surface area contributed by atoms with E-state index in [2.05, 4.69) is 15.5 Å². The van der Waals surface area contributed by atoms with Crippen LogP contribution in [0.1, 0.15) is 22.0 Å². The van der Waals surface area contributed by atoms with E-state index in [-0.39, 0.29) is 11.9 Å². The lowest BCUT2D eigenvalue weighted by molar-refractivity contribution is -0.122. The first kappa shape index (κ1) is 20.4. The largest absolute Gasteiger partial charge is 0.489 e. The zero-order chi connectivity index (χ0) is 22.6. The van der Waals surface area contributed by atoms with Crippen molar-refractivity contribution in [1.82, 2.24) is 20.2 Å². The molecule has 1 amide bonds. The number of carbonyl (C=O) groups excluding carboxylic acids is 2. The number of para-hydroxylation sites is 2. The average Bonchev–Trinajstić information content (AvgIpc) is 3.42. The molecule has 0 radical (unpaired) electrons. The molecule has 164 valence electrons. The summed E-state index contributed by atoms with van der Waals surface area (Å²) in [4.78, 5) is 27.5. The number of rotatable bonds is 5. The Bertz CT molecular complexity index is 1260. The third-order valence-corrected chi connectivity index (χ3v) is 5.33. The highest BCUT2D eigenvalue weighted by molar-refractivity contribution is 5.99. The Kier molecular flexibility index (Phi) is 5.50. The van der Waals surface area contributed by atoms with Gasteiger partial charge in [0.25, 0.3) is 5.91 Å². The van der Waals surface area contributed by atoms with E-state index in [4.69, 9.17) is 9.47 Å². The van der Waals surface area contributed by atoms with Crippen LogP contribution < -0.4 is 9.64 Å². The first-order chi connectivity index (χ1) is 16.2. The molecule has 33 heavy (non-hydrogen) atoms. The molecule has 0 saturated carbocycles. The molecule has 9 heteroatoms. The van der Waals surface area contributed by atoms with Gasteiger partial charge in [-0.25, -0.2) is 9.48 Å². The van der Waals surface area contributed by atoms with Crippen LogP contribution in [0.15, 0.2) is 85.2 Å². The number of carbonyl (C=O) groups is 2. The van der Waals surface area contributed by atoms with Crippen LogP contribution in [-0.4, -0.2) is 45.3 Å². The van der Waals surface area contributed by atoms with E-state index in [9.17, 15) is 9.59 Å². The first-order valence-electron chi connectivity index (χ1n) is 10.3. The van der Waals surface area contributed by atoms with Crippen molar-refractivity contribution in [3.8, 4) is 11.4 Å². The predicted octanol–water partition coefficient (Wildman–Crippen LogP) is 2.99. The number of hydrogen-bond donors (Lipinski definition) is 0. The van der Waals surface area contributed by atoms with E-state index in [1.807, 2.05) is 54.6 Å². The fourth-order valence-corrected chi connectivity index (χ4v) is 3.73. The van der Waals surface area contributed by atoms with Crippen LogP contribution in [0.25, 0.3) is 5.69 Å². The van der Waals surface area contributed by atoms with Crippen molar-refractivity contribution in [2.75, 3.05) is 18.1 Å². The van der Waals surface area contributed by atoms with Gasteiger partial charge in [-0.15, -0.1) is 5.10 Å². The SMILES string of the molecule is O=C(OCC(=O)N1c2ccccc2OC[C@H]1c1ccccc1)c1ccc(-n2cnnn2)cc1. The average molecular weight is 441 g/mol. The smallest absolute Gasteiger partial charge is 0.338 e. The van der Waals surface area contributed by atoms with Gasteiger partial charge in [0.2, 0.25) is 0 Å². The molecule has 3 aromatic carbocycles. The van der Waals surface area contributed by atoms with E-state index in [0.29, 0.717) is 29.3 Å². The number of nitrogens with zero attached hydrogens (tertiary/aromatic N) is 5. The minimum atomic E-state index is -0.593. The van der Waals surface area contributed by atoms with Crippen LogP contribution >= 0.6 is 0 Å². The van der Waals surface area contributed by atoms with E-state index in [0.717, 1.165) is 5.56 Å². The second-order valence-electron chi connectivity index (χ2n) is 7.35. The summed E-state index contributed by atoms with van der Waals surface area (Å²) in [7, 11) is 0. The fourth-order valence-electron chi connectivity index (χ4n) is 3.73. The van der Waals surface area contributed by atoms with Crippen LogP contribution in [0, 0.1) is 0 Å². The molecule has 0 unspecified atom stereocenters. The standard InChI is InChI=1S/C24H19N5O4/c30-23(15-33-24(31)18-10-12-19(13-11-18)28-16-25-26-27-28)29-20-8-4-5-9-22(20)32-14-21(29)17-6-2-1-3-7-17/h1-13,16,21H,14-15H2/t21-/m0/s1. The molecule has 2 heterocycles. The van der Waals surface area contributed by atoms with Crippen molar-refractivity contribution in [3.05, 3.63) is 96.3 Å². The van der Waals surface area contributed by atoms with Gasteiger partial charge in [0.15, 0.2) is 6.61 Å². The van der Waals surface area contributed by atoms with Gasteiger partial charge in [0.05, 0.1) is 23.0 Å². The second kappa shape index (κ2) is 8.91. The lowest BCUT2D eigenvalue weighted by atomic mass is 10.0. The summed E-state index contributed by atoms with van der Waals surface area (Å²) in [6.45, 7) is -0.0927. The van der Waals surface area contributed by atoms with Crippen molar-refractivity contribution < 1.29 is 19.1 Å². The van der Waals surface area contributed by atoms with E-state index < -0.39 is 12.6 Å². The maximum Gasteiger partial charge on any atom is 0.338 e. The number of hydrogen-bond acceptors (Lipinski definition) is 7. The Morgan fingerprint density at radius 2 is 1.73 bits per heavy atom. The second-order valence-corrected chi connectivity index (χ2v) is 7.35. The van der Waals surface area contributed by atoms with Crippen LogP contribution in [0.2, 0.25) is 0 Å². The van der Waals surface area contributed by atoms with Crippen molar-refractivity contribution >= 4 is 17.6 Å². The summed E-state index contributed by atoms with van der Waals surface area (Å²) >= 11 is 0. The van der Waals surface area contributed by atoms with E-state index in [1.54, 1.807) is 29.2 Å². The molecule has 4 aromatic rings. The Labute approximate surface area is 189 Å². The molecule has 0 bridgehead atoms. The molecule has 1 aliphatic heterocycles. The fraction of sp³-hybridized carbons (Fsp3) is 0.125. The number of tetrazole rings is 1. The highest BCUT2D eigenvalue weighted by atomic mass is 16.5. The maximum absolute atomic E-state index is 13.3. The van der Waals surface area contributed by atoms with Crippen LogP contribution in [0.4, 0.5) is 5.69 Å². The number of amides is 1. The van der Waals surface area contributed by atoms with Gasteiger partial charge in [-0.05, 0) is 52.4 Å². The normalized spacial score (nSPS) is 14.8. The zero-order valence-corrected chi connectivity index (χ0v) is 17.4. The zero-order valence-electron chi connectivity index (χ0n) is 17.4. The minimum Gasteiger partial charge on any atom is -0.489 e. The minimum absolute atomic E-state index is 0.305. The third-order valence-electron chi connectivity index (χ3n) is 5.33. The monoisotopic (exact) mass is 441 g/mol. The number of fused-ring (bicyclic) bond motifs is 1. The number of esters is 1. The van der Waals surface area contributed by atoms with Gasteiger partial charge in [0, 0.05) is 0 Å². The summed E-state index contributed by atoms with van der Waals surface area (Å²) in [5, 5.41) is 11.0. The highest BCUT2D eigenvalue weighted by Gasteiger charge is 2.33. The molecule has 5 rings (SSSR count). The topological polar surface area (TPSA) is 99.4 Å². The molecule has 0 saturated heterocycles. The van der Waals surface area contributed by atoms with Crippen molar-refractivity contribution in [3.63, 3.8) is 0 Å². The molecule has 0 aliphatic carbocycles. The Hall–Kier alpha value is -4.53. The third kappa shape index (κ3) is 4.16. The van der Waals surface area contributed by atoms with Gasteiger partial charge in [-0.2, -0.15) is 0 Å². The van der Waals surface area contributed by atoms with E-state index in [1.165, 1.54) is 11.0 Å². The Balaban J connectivity index is 1.32. The number of anilines is 1. The van der Waals surface area contributed by atoms with Crippen LogP contribution in [-0.2, 0) is 9.53 Å². The molecule has 1 atom stereocenters. The van der Waals surface area contributed by atoms with Crippen LogP contribution in [0.3, 0.4) is 0 Å². The summed E-state index contributed by atoms with van der Waals surface area (Å²) in [5.41, 5.74) is 2.60. The van der Waals surface area contributed by atoms with Crippen LogP contribution in [0.5, 0.6) is 5.75 Å². The van der Waals surface area contributed by atoms with Gasteiger partial charge in [-0.3, -0.25) is 9.69 Å². The molecule has 9 nitrogen and oxygen atoms in total. The molecule has 0 spiro atoms. The summed E-state index contributed by atoms with van der Waals surface area (Å²) in [5.74, 6) is -0.315. The quantitative estimate of drug-likeness (QED) is 0.439. The molecule has 0 fully saturated rings. The highest BCUT2D eigenvalue weighted by Crippen LogP contribution is 2.39. The molecule has 1 aromatic heterocycles. The number of aromatic nitrogens is 4. The Morgan fingerprint density at radius 1 is 0.970 bits per heavy atom. The Morgan fingerprint density at radius 3 is 2.48 bits per heavy atom. The predicted molar refractivity (Wildman–Crippen MR) is 118 cm³/mol. The lowest BCUT2D eigenvalue weighted by Gasteiger charge is -2.37. The first-order valence-corrected chi connectivity index (χ1v) is 10.3. The van der Waals surface area contributed by atoms with Gasteiger partial charge in [-0.1, -0.05) is 42.5 Å². The van der Waals surface area contributed by atoms with Crippen molar-refractivity contribution in [2.45, 2.75) is 6.04 Å². The van der Waals surface area contributed by atoms with Gasteiger partial charge < -0.3 is 9.47 Å². The maximum atomic E-state index is 13.3. The number of ether oxygens (including phenoxy) is 2. The summed E-state index contributed by atoms with van der Waals surface area (Å²) < 4.78 is 12.7. The molecular formula is C24H19N5O4. The molecule has 1 aliphatic rings. The van der Waals surface area contributed by atoms with Crippen molar-refractivity contribution in [2.24, 2.45) is 0 Å².